The normalized spacial score (nSPS) is 14.5. The number of rotatable bonds is 4. The molecule has 5 heteroatoms. The average Bonchev–Trinajstić information content (AvgIpc) is 2.00. The van der Waals surface area contributed by atoms with E-state index in [0.717, 1.165) is 0 Å². The second-order valence-corrected chi connectivity index (χ2v) is 3.14. The van der Waals surface area contributed by atoms with Gasteiger partial charge in [0.25, 0.3) is 0 Å². The molecule has 4 N–H and O–H groups in total. The van der Waals surface area contributed by atoms with Gasteiger partial charge in [0.1, 0.15) is 0 Å². The van der Waals surface area contributed by atoms with Crippen molar-refractivity contribution in [3.05, 3.63) is 0 Å². The van der Waals surface area contributed by atoms with Crippen LogP contribution in [0, 0.1) is 0 Å². The quantitative estimate of drug-likeness (QED) is 0.526. The van der Waals surface area contributed by atoms with Crippen molar-refractivity contribution < 1.29 is 9.59 Å². The molecule has 0 spiro atoms. The van der Waals surface area contributed by atoms with E-state index < -0.39 is 6.04 Å². The number of carbonyl (C=O) groups excluding carboxylic acids is 2. The van der Waals surface area contributed by atoms with Crippen LogP contribution in [0.5, 0.6) is 0 Å². The molecule has 0 saturated carbocycles. The number of hydrogen-bond donors (Lipinski definition) is 3. The van der Waals surface area contributed by atoms with Gasteiger partial charge in [0.2, 0.25) is 11.8 Å². The van der Waals surface area contributed by atoms with Crippen LogP contribution in [-0.2, 0) is 9.59 Å². The molecular formula is C8H17N3O2. The molecule has 0 aromatic carbocycles. The molecule has 2 amide bonds. The zero-order valence-corrected chi connectivity index (χ0v) is 8.26. The summed E-state index contributed by atoms with van der Waals surface area (Å²) in [4.78, 5) is 21.6. The van der Waals surface area contributed by atoms with Crippen LogP contribution in [0.2, 0.25) is 0 Å². The molecule has 0 heterocycles. The van der Waals surface area contributed by atoms with Gasteiger partial charge in [-0.25, -0.2) is 0 Å². The number of carbonyl (C=O) groups is 2. The first-order valence-electron chi connectivity index (χ1n) is 4.24. The maximum Gasteiger partial charge on any atom is 0.236 e. The van der Waals surface area contributed by atoms with Gasteiger partial charge in [0.15, 0.2) is 0 Å². The molecule has 0 aliphatic rings. The van der Waals surface area contributed by atoms with Crippen LogP contribution in [0.25, 0.3) is 0 Å². The van der Waals surface area contributed by atoms with E-state index in [-0.39, 0.29) is 17.9 Å². The van der Waals surface area contributed by atoms with Crippen molar-refractivity contribution in [1.29, 1.82) is 0 Å². The van der Waals surface area contributed by atoms with Gasteiger partial charge >= 0.3 is 0 Å². The van der Waals surface area contributed by atoms with Gasteiger partial charge in [-0.3, -0.25) is 9.59 Å². The number of hydrogen-bond acceptors (Lipinski definition) is 3. The minimum Gasteiger partial charge on any atom is -0.354 e. The first-order valence-corrected chi connectivity index (χ1v) is 4.24. The van der Waals surface area contributed by atoms with E-state index in [1.807, 2.05) is 0 Å². The van der Waals surface area contributed by atoms with Crippen LogP contribution in [0.15, 0.2) is 0 Å². The van der Waals surface area contributed by atoms with Crippen LogP contribution in [0.1, 0.15) is 20.8 Å². The Hall–Kier alpha value is -1.10. The highest BCUT2D eigenvalue weighted by Crippen LogP contribution is 1.82. The summed E-state index contributed by atoms with van der Waals surface area (Å²) in [5.41, 5.74) is 5.34. The number of nitrogens with two attached hydrogens (primary N) is 1. The van der Waals surface area contributed by atoms with Crippen molar-refractivity contribution in [1.82, 2.24) is 10.6 Å². The van der Waals surface area contributed by atoms with Gasteiger partial charge in [-0.1, -0.05) is 0 Å². The van der Waals surface area contributed by atoms with Crippen LogP contribution in [0.4, 0.5) is 0 Å². The molecular weight excluding hydrogens is 170 g/mol. The molecule has 2 atom stereocenters. The molecule has 0 aromatic heterocycles. The summed E-state index contributed by atoms with van der Waals surface area (Å²) in [7, 11) is 0. The first kappa shape index (κ1) is 11.9. The first-order chi connectivity index (χ1) is 5.93. The summed E-state index contributed by atoms with van der Waals surface area (Å²) in [6.45, 7) is 5.27. The Morgan fingerprint density at radius 2 is 1.92 bits per heavy atom. The highest BCUT2D eigenvalue weighted by molar-refractivity contribution is 5.81. The predicted molar refractivity (Wildman–Crippen MR) is 49.9 cm³/mol. The standard InChI is InChI=1S/C8H17N3O2/c1-5(4-10-7(3)12)11-8(13)6(2)9/h5-6H,4,9H2,1-3H3,(H,10,12)(H,11,13)/t5-,6-/m0/s1. The summed E-state index contributed by atoms with van der Waals surface area (Å²) >= 11 is 0. The summed E-state index contributed by atoms with van der Waals surface area (Å²) in [5.74, 6) is -0.320. The van der Waals surface area contributed by atoms with Gasteiger partial charge in [0.05, 0.1) is 6.04 Å². The molecule has 0 saturated heterocycles. The Morgan fingerprint density at radius 3 is 2.31 bits per heavy atom. The molecule has 76 valence electrons. The fourth-order valence-electron chi connectivity index (χ4n) is 0.722. The number of nitrogens with one attached hydrogen (secondary N) is 2. The maximum absolute atomic E-state index is 11.0. The third kappa shape index (κ3) is 6.10. The van der Waals surface area contributed by atoms with E-state index in [1.54, 1.807) is 13.8 Å². The van der Waals surface area contributed by atoms with E-state index in [2.05, 4.69) is 10.6 Å². The van der Waals surface area contributed by atoms with E-state index in [9.17, 15) is 9.59 Å². The van der Waals surface area contributed by atoms with E-state index in [4.69, 9.17) is 5.73 Å². The Labute approximate surface area is 78.1 Å². The fourth-order valence-corrected chi connectivity index (χ4v) is 0.722. The van der Waals surface area contributed by atoms with E-state index >= 15 is 0 Å². The van der Waals surface area contributed by atoms with Crippen molar-refractivity contribution in [2.24, 2.45) is 5.73 Å². The molecule has 0 aliphatic carbocycles. The Morgan fingerprint density at radius 1 is 1.38 bits per heavy atom. The van der Waals surface area contributed by atoms with Crippen molar-refractivity contribution in [2.75, 3.05) is 6.54 Å². The van der Waals surface area contributed by atoms with Crippen LogP contribution in [-0.4, -0.2) is 30.4 Å². The van der Waals surface area contributed by atoms with Gasteiger partial charge < -0.3 is 16.4 Å². The largest absolute Gasteiger partial charge is 0.354 e. The SMILES string of the molecule is CC(=O)NC[C@H](C)NC(=O)[C@H](C)N. The molecule has 0 rings (SSSR count). The minimum atomic E-state index is -0.514. The molecule has 0 unspecified atom stereocenters. The van der Waals surface area contributed by atoms with Gasteiger partial charge in [-0.2, -0.15) is 0 Å². The lowest BCUT2D eigenvalue weighted by atomic mass is 10.3. The van der Waals surface area contributed by atoms with Crippen molar-refractivity contribution in [3.63, 3.8) is 0 Å². The third-order valence-corrected chi connectivity index (χ3v) is 1.46. The van der Waals surface area contributed by atoms with Crippen molar-refractivity contribution >= 4 is 11.8 Å². The maximum atomic E-state index is 11.0. The van der Waals surface area contributed by atoms with Crippen LogP contribution in [0.3, 0.4) is 0 Å². The Kier molecular flexibility index (Phi) is 5.06. The lowest BCUT2D eigenvalue weighted by molar-refractivity contribution is -0.123. The lowest BCUT2D eigenvalue weighted by Gasteiger charge is -2.15. The van der Waals surface area contributed by atoms with Crippen LogP contribution < -0.4 is 16.4 Å². The zero-order chi connectivity index (χ0) is 10.4. The van der Waals surface area contributed by atoms with E-state index in [0.29, 0.717) is 6.54 Å². The fraction of sp³-hybridized carbons (Fsp3) is 0.750. The molecule has 0 radical (unpaired) electrons. The molecule has 0 bridgehead atoms. The molecule has 5 nitrogen and oxygen atoms in total. The summed E-state index contributed by atoms with van der Waals surface area (Å²) < 4.78 is 0. The topological polar surface area (TPSA) is 84.2 Å². The molecule has 0 fully saturated rings. The smallest absolute Gasteiger partial charge is 0.236 e. The van der Waals surface area contributed by atoms with Crippen molar-refractivity contribution in [3.8, 4) is 0 Å². The minimum absolute atomic E-state index is 0.0950. The molecule has 0 aromatic rings. The zero-order valence-electron chi connectivity index (χ0n) is 8.26. The van der Waals surface area contributed by atoms with E-state index in [1.165, 1.54) is 6.92 Å². The third-order valence-electron chi connectivity index (χ3n) is 1.46. The highest BCUT2D eigenvalue weighted by atomic mass is 16.2. The second kappa shape index (κ2) is 5.53. The Balaban J connectivity index is 3.68. The van der Waals surface area contributed by atoms with Gasteiger partial charge in [-0.05, 0) is 13.8 Å². The summed E-state index contributed by atoms with van der Waals surface area (Å²) in [5, 5.41) is 5.25. The molecule has 13 heavy (non-hydrogen) atoms. The van der Waals surface area contributed by atoms with Crippen LogP contribution >= 0.6 is 0 Å². The van der Waals surface area contributed by atoms with Gasteiger partial charge in [0, 0.05) is 19.5 Å². The number of amides is 2. The highest BCUT2D eigenvalue weighted by Gasteiger charge is 2.10. The van der Waals surface area contributed by atoms with Crippen molar-refractivity contribution in [2.45, 2.75) is 32.9 Å². The summed E-state index contributed by atoms with van der Waals surface area (Å²) in [6.07, 6.45) is 0. The Bertz CT molecular complexity index is 192. The summed E-state index contributed by atoms with van der Waals surface area (Å²) in [6, 6.07) is -0.609. The molecule has 0 aliphatic heterocycles. The lowest BCUT2D eigenvalue weighted by Crippen LogP contribution is -2.46. The van der Waals surface area contributed by atoms with Gasteiger partial charge in [-0.15, -0.1) is 0 Å². The predicted octanol–water partition coefficient (Wildman–Crippen LogP) is -1.03. The second-order valence-electron chi connectivity index (χ2n) is 3.14. The average molecular weight is 187 g/mol. The monoisotopic (exact) mass is 187 g/mol.